The largest absolute Gasteiger partial charge is 0.381 e. The topological polar surface area (TPSA) is 88.3 Å². The van der Waals surface area contributed by atoms with Crippen LogP contribution >= 0.6 is 0 Å². The van der Waals surface area contributed by atoms with Gasteiger partial charge in [0.05, 0.1) is 6.61 Å². The highest BCUT2D eigenvalue weighted by atomic mass is 16.7. The number of aryl methyl sites for hydroxylation is 1. The van der Waals surface area contributed by atoms with E-state index in [1.54, 1.807) is 12.1 Å². The number of guanidine groups is 1. The quantitative estimate of drug-likeness (QED) is 0.610. The van der Waals surface area contributed by atoms with Crippen molar-refractivity contribution in [2.75, 3.05) is 32.8 Å². The van der Waals surface area contributed by atoms with Crippen LogP contribution in [0.5, 0.6) is 0 Å². The van der Waals surface area contributed by atoms with Gasteiger partial charge in [0.15, 0.2) is 5.03 Å². The van der Waals surface area contributed by atoms with E-state index in [1.165, 1.54) is 4.90 Å². The Labute approximate surface area is 146 Å². The molecule has 0 saturated carbocycles. The maximum Gasteiger partial charge on any atom is 0.281 e. The van der Waals surface area contributed by atoms with Crippen LogP contribution in [0.2, 0.25) is 0 Å². The van der Waals surface area contributed by atoms with Gasteiger partial charge in [0.2, 0.25) is 0 Å². The van der Waals surface area contributed by atoms with Crippen molar-refractivity contribution in [3.8, 4) is 0 Å². The molecule has 0 aromatic heterocycles. The second kappa shape index (κ2) is 7.18. The molecule has 2 fully saturated rings. The molecule has 0 aliphatic carbocycles. The summed E-state index contributed by atoms with van der Waals surface area (Å²) in [7, 11) is 0. The minimum absolute atomic E-state index is 0.120. The van der Waals surface area contributed by atoms with Gasteiger partial charge in [-0.3, -0.25) is 9.69 Å². The number of hydrogen-bond acceptors (Lipinski definition) is 4. The summed E-state index contributed by atoms with van der Waals surface area (Å²) in [5.74, 6) is 0.526. The summed E-state index contributed by atoms with van der Waals surface area (Å²) in [5.41, 5.74) is 1.55. The minimum atomic E-state index is -0.738. The number of amides is 1. The maximum absolute atomic E-state index is 12.8. The molecule has 1 amide bonds. The Hall–Kier alpha value is -2.48. The fraction of sp³-hybridized carbons (Fsp3) is 0.529. The Balaban J connectivity index is 1.80. The van der Waals surface area contributed by atoms with Crippen molar-refractivity contribution in [3.63, 3.8) is 0 Å². The first-order chi connectivity index (χ1) is 12.0. The number of carbonyl (C=O) groups excluding carboxylic acids is 1. The van der Waals surface area contributed by atoms with Gasteiger partial charge in [-0.2, -0.15) is 0 Å². The van der Waals surface area contributed by atoms with Gasteiger partial charge >= 0.3 is 0 Å². The van der Waals surface area contributed by atoms with Gasteiger partial charge < -0.3 is 9.64 Å². The molecule has 2 aliphatic heterocycles. The Bertz CT molecular complexity index is 688. The molecule has 8 heteroatoms. The highest BCUT2D eigenvalue weighted by molar-refractivity contribution is 6.06. The second-order valence-corrected chi connectivity index (χ2v) is 6.68. The summed E-state index contributed by atoms with van der Waals surface area (Å²) in [6.45, 7) is 6.91. The standard InChI is InChI=1S/C17H22N4O4/c1-12-3-5-14(6-4-12)16(22)20-8-7-19(17(20)18-21(23)24)9-15-11-25-10-13(15)2/h3-6,13,15H,7-11H2,1-2H3. The Kier molecular flexibility index (Phi) is 4.98. The number of nitrogens with zero attached hydrogens (tertiary/aromatic N) is 4. The number of rotatable bonds is 4. The van der Waals surface area contributed by atoms with Crippen molar-refractivity contribution < 1.29 is 14.6 Å². The van der Waals surface area contributed by atoms with Gasteiger partial charge in [-0.15, -0.1) is 0 Å². The summed E-state index contributed by atoms with van der Waals surface area (Å²) in [5, 5.41) is 13.7. The SMILES string of the molecule is Cc1ccc(C(=O)N2CCN(CC3COCC3C)C2=N[N+](=O)[O-])cc1. The molecule has 3 rings (SSSR count). The van der Waals surface area contributed by atoms with E-state index >= 15 is 0 Å². The monoisotopic (exact) mass is 346 g/mol. The lowest BCUT2D eigenvalue weighted by Gasteiger charge is -2.23. The third-order valence-electron chi connectivity index (χ3n) is 4.80. The molecule has 2 unspecified atom stereocenters. The lowest BCUT2D eigenvalue weighted by molar-refractivity contribution is -0.486. The molecular weight excluding hydrogens is 324 g/mol. The van der Waals surface area contributed by atoms with Crippen LogP contribution in [-0.4, -0.2) is 59.5 Å². The van der Waals surface area contributed by atoms with Crippen molar-refractivity contribution in [2.24, 2.45) is 16.9 Å². The number of carbonyl (C=O) groups is 1. The van der Waals surface area contributed by atoms with Crippen molar-refractivity contribution in [3.05, 3.63) is 45.5 Å². The number of ether oxygens (including phenoxy) is 1. The zero-order valence-electron chi connectivity index (χ0n) is 14.4. The molecule has 2 atom stereocenters. The van der Waals surface area contributed by atoms with Crippen LogP contribution in [0.25, 0.3) is 0 Å². The van der Waals surface area contributed by atoms with E-state index < -0.39 is 5.03 Å². The molecule has 8 nitrogen and oxygen atoms in total. The van der Waals surface area contributed by atoms with Gasteiger partial charge in [0.1, 0.15) is 5.10 Å². The second-order valence-electron chi connectivity index (χ2n) is 6.68. The molecule has 1 aromatic rings. The average Bonchev–Trinajstić information content (AvgIpc) is 3.15. The molecule has 134 valence electrons. The number of benzene rings is 1. The van der Waals surface area contributed by atoms with E-state index in [4.69, 9.17) is 4.74 Å². The van der Waals surface area contributed by atoms with Crippen molar-refractivity contribution in [1.29, 1.82) is 0 Å². The van der Waals surface area contributed by atoms with E-state index in [2.05, 4.69) is 12.0 Å². The van der Waals surface area contributed by atoms with Gasteiger partial charge in [-0.25, -0.2) is 10.1 Å². The molecule has 0 radical (unpaired) electrons. The van der Waals surface area contributed by atoms with Crippen LogP contribution in [0.4, 0.5) is 0 Å². The highest BCUT2D eigenvalue weighted by Crippen LogP contribution is 2.23. The molecule has 2 aliphatic rings. The van der Waals surface area contributed by atoms with Crippen LogP contribution in [0.1, 0.15) is 22.8 Å². The van der Waals surface area contributed by atoms with Crippen molar-refractivity contribution in [1.82, 2.24) is 9.80 Å². The predicted molar refractivity (Wildman–Crippen MR) is 91.7 cm³/mol. The predicted octanol–water partition coefficient (Wildman–Crippen LogP) is 1.58. The molecule has 0 N–H and O–H groups in total. The third-order valence-corrected chi connectivity index (χ3v) is 4.80. The Morgan fingerprint density at radius 1 is 1.32 bits per heavy atom. The molecule has 0 bridgehead atoms. The summed E-state index contributed by atoms with van der Waals surface area (Å²) < 4.78 is 5.47. The minimum Gasteiger partial charge on any atom is -0.381 e. The zero-order chi connectivity index (χ0) is 18.0. The first kappa shape index (κ1) is 17.3. The Morgan fingerprint density at radius 3 is 2.64 bits per heavy atom. The maximum atomic E-state index is 12.8. The summed E-state index contributed by atoms with van der Waals surface area (Å²) in [4.78, 5) is 27.0. The van der Waals surface area contributed by atoms with Crippen LogP contribution in [0.15, 0.2) is 29.4 Å². The van der Waals surface area contributed by atoms with Gasteiger partial charge in [0.25, 0.3) is 11.9 Å². The molecule has 25 heavy (non-hydrogen) atoms. The normalized spacial score (nSPS) is 25.0. The van der Waals surface area contributed by atoms with E-state index in [0.717, 1.165) is 5.56 Å². The smallest absolute Gasteiger partial charge is 0.281 e. The highest BCUT2D eigenvalue weighted by Gasteiger charge is 2.37. The molecular formula is C17H22N4O4. The van der Waals surface area contributed by atoms with Gasteiger partial charge in [-0.05, 0) is 25.0 Å². The fourth-order valence-corrected chi connectivity index (χ4v) is 3.22. The molecule has 0 spiro atoms. The lowest BCUT2D eigenvalue weighted by Crippen LogP contribution is -2.41. The molecule has 2 saturated heterocycles. The lowest BCUT2D eigenvalue weighted by atomic mass is 9.98. The van der Waals surface area contributed by atoms with Crippen LogP contribution < -0.4 is 0 Å². The molecule has 1 aromatic carbocycles. The third kappa shape index (κ3) is 3.79. The number of nitro groups is 1. The van der Waals surface area contributed by atoms with E-state index in [1.807, 2.05) is 24.0 Å². The van der Waals surface area contributed by atoms with E-state index in [9.17, 15) is 14.9 Å². The summed E-state index contributed by atoms with van der Waals surface area (Å²) >= 11 is 0. The van der Waals surface area contributed by atoms with Crippen LogP contribution in [-0.2, 0) is 4.74 Å². The number of hydrogen-bond donors (Lipinski definition) is 0. The van der Waals surface area contributed by atoms with Crippen molar-refractivity contribution in [2.45, 2.75) is 13.8 Å². The fourth-order valence-electron chi connectivity index (χ4n) is 3.22. The Morgan fingerprint density at radius 2 is 2.04 bits per heavy atom. The van der Waals surface area contributed by atoms with Crippen LogP contribution in [0, 0.1) is 28.9 Å². The zero-order valence-corrected chi connectivity index (χ0v) is 14.4. The van der Waals surface area contributed by atoms with E-state index in [-0.39, 0.29) is 17.8 Å². The summed E-state index contributed by atoms with van der Waals surface area (Å²) in [6.07, 6.45) is 0. The number of hydrazone groups is 1. The van der Waals surface area contributed by atoms with Crippen LogP contribution in [0.3, 0.4) is 0 Å². The van der Waals surface area contributed by atoms with Gasteiger partial charge in [0, 0.05) is 37.7 Å². The van der Waals surface area contributed by atoms with Gasteiger partial charge in [-0.1, -0.05) is 24.6 Å². The summed E-state index contributed by atoms with van der Waals surface area (Å²) in [6, 6.07) is 7.17. The first-order valence-corrected chi connectivity index (χ1v) is 8.40. The average molecular weight is 346 g/mol. The van der Waals surface area contributed by atoms with E-state index in [0.29, 0.717) is 44.3 Å². The first-order valence-electron chi connectivity index (χ1n) is 8.40. The molecule has 2 heterocycles. The van der Waals surface area contributed by atoms with Crippen molar-refractivity contribution >= 4 is 11.9 Å².